The predicted octanol–water partition coefficient (Wildman–Crippen LogP) is -0.592. The molecule has 0 fully saturated rings. The second kappa shape index (κ2) is 3.93. The molecule has 0 radical (unpaired) electrons. The molecule has 0 aromatic rings. The van der Waals surface area contributed by atoms with Crippen LogP contribution in [0.25, 0.3) is 0 Å². The van der Waals surface area contributed by atoms with E-state index < -0.39 is 30.8 Å². The van der Waals surface area contributed by atoms with Crippen LogP contribution < -0.4 is 5.32 Å². The second-order valence-corrected chi connectivity index (χ2v) is 2.83. The molecule has 0 unspecified atom stereocenters. The van der Waals surface area contributed by atoms with Crippen LogP contribution in [0, 0.1) is 0 Å². The molecule has 78 valence electrons. The van der Waals surface area contributed by atoms with Crippen LogP contribution in [-0.2, 0) is 4.79 Å². The van der Waals surface area contributed by atoms with Crippen molar-refractivity contribution in [1.29, 1.82) is 0 Å². The van der Waals surface area contributed by atoms with E-state index in [0.717, 1.165) is 6.92 Å². The Balaban J connectivity index is 4.35. The summed E-state index contributed by atoms with van der Waals surface area (Å²) >= 11 is 0. The molecule has 0 aliphatic rings. The van der Waals surface area contributed by atoms with Crippen molar-refractivity contribution in [3.63, 3.8) is 0 Å². The number of carbonyl (C=O) groups is 1. The van der Waals surface area contributed by atoms with E-state index in [0.29, 0.717) is 0 Å². The summed E-state index contributed by atoms with van der Waals surface area (Å²) in [6, 6.07) is 0. The third kappa shape index (κ3) is 3.60. The average molecular weight is 201 g/mol. The lowest BCUT2D eigenvalue weighted by Gasteiger charge is -2.26. The number of nitrogens with one attached hydrogen (secondary N) is 1. The van der Waals surface area contributed by atoms with E-state index in [1.54, 1.807) is 0 Å². The molecule has 0 heterocycles. The van der Waals surface area contributed by atoms with Gasteiger partial charge in [0.1, 0.15) is 0 Å². The first-order chi connectivity index (χ1) is 5.75. The van der Waals surface area contributed by atoms with Crippen molar-refractivity contribution < 1.29 is 28.2 Å². The number of aliphatic hydroxyl groups is 2. The minimum atomic E-state index is -5.01. The number of aliphatic hydroxyl groups excluding tert-OH is 2. The first-order valence-corrected chi connectivity index (χ1v) is 3.36. The highest BCUT2D eigenvalue weighted by molar-refractivity contribution is 5.82. The Bertz CT molecular complexity index is 188. The molecular weight excluding hydrogens is 191 g/mol. The quantitative estimate of drug-likeness (QED) is 0.571. The zero-order valence-corrected chi connectivity index (χ0v) is 6.85. The van der Waals surface area contributed by atoms with Crippen LogP contribution in [0.4, 0.5) is 13.2 Å². The molecule has 0 atom stereocenters. The van der Waals surface area contributed by atoms with Gasteiger partial charge in [-0.15, -0.1) is 0 Å². The van der Waals surface area contributed by atoms with Gasteiger partial charge in [0.15, 0.2) is 0 Å². The van der Waals surface area contributed by atoms with Crippen molar-refractivity contribution in [2.24, 2.45) is 0 Å². The maximum absolute atomic E-state index is 11.7. The fourth-order valence-electron chi connectivity index (χ4n) is 0.474. The Kier molecular flexibility index (Phi) is 3.68. The van der Waals surface area contributed by atoms with Crippen LogP contribution in [0.2, 0.25) is 0 Å². The fraction of sp³-hybridized carbons (Fsp3) is 0.833. The number of rotatable bonds is 3. The summed E-state index contributed by atoms with van der Waals surface area (Å²) in [6.07, 6.45) is -5.01. The van der Waals surface area contributed by atoms with Gasteiger partial charge in [-0.05, 0) is 6.92 Å². The molecule has 0 saturated carbocycles. The van der Waals surface area contributed by atoms with Crippen molar-refractivity contribution in [2.75, 3.05) is 13.2 Å². The molecule has 0 rings (SSSR count). The van der Waals surface area contributed by atoms with Crippen LogP contribution in [0.3, 0.4) is 0 Å². The number of alkyl halides is 3. The van der Waals surface area contributed by atoms with Gasteiger partial charge in [0.2, 0.25) is 0 Å². The third-order valence-corrected chi connectivity index (χ3v) is 1.37. The molecule has 0 aromatic carbocycles. The van der Waals surface area contributed by atoms with Gasteiger partial charge in [0, 0.05) is 0 Å². The SMILES string of the molecule is CC(CO)(CO)NC(=O)C(F)(F)F. The van der Waals surface area contributed by atoms with Gasteiger partial charge in [0.05, 0.1) is 18.8 Å². The molecule has 1 amide bonds. The molecule has 0 spiro atoms. The number of hydrogen-bond acceptors (Lipinski definition) is 3. The van der Waals surface area contributed by atoms with Crippen LogP contribution >= 0.6 is 0 Å². The Morgan fingerprint density at radius 1 is 1.31 bits per heavy atom. The van der Waals surface area contributed by atoms with Crippen molar-refractivity contribution in [3.05, 3.63) is 0 Å². The minimum absolute atomic E-state index is 0.772. The monoisotopic (exact) mass is 201 g/mol. The van der Waals surface area contributed by atoms with E-state index >= 15 is 0 Å². The van der Waals surface area contributed by atoms with E-state index in [1.165, 1.54) is 5.32 Å². The average Bonchev–Trinajstić information content (AvgIpc) is 2.02. The molecule has 7 heteroatoms. The molecule has 3 N–H and O–H groups in total. The molecule has 0 saturated heterocycles. The van der Waals surface area contributed by atoms with Crippen molar-refractivity contribution in [3.8, 4) is 0 Å². The van der Waals surface area contributed by atoms with Crippen LogP contribution in [0.1, 0.15) is 6.92 Å². The lowest BCUT2D eigenvalue weighted by Crippen LogP contribution is -2.55. The highest BCUT2D eigenvalue weighted by atomic mass is 19.4. The summed E-state index contributed by atoms with van der Waals surface area (Å²) in [4.78, 5) is 10.3. The Morgan fingerprint density at radius 3 is 1.92 bits per heavy atom. The number of hydrogen-bond donors (Lipinski definition) is 3. The normalized spacial score (nSPS) is 12.8. The van der Waals surface area contributed by atoms with Gasteiger partial charge in [-0.2, -0.15) is 13.2 Å². The summed E-state index contributed by atoms with van der Waals surface area (Å²) in [7, 11) is 0. The van der Waals surface area contributed by atoms with Gasteiger partial charge >= 0.3 is 12.1 Å². The second-order valence-electron chi connectivity index (χ2n) is 2.83. The van der Waals surface area contributed by atoms with E-state index in [-0.39, 0.29) is 0 Å². The number of carbonyl (C=O) groups excluding carboxylic acids is 1. The lowest BCUT2D eigenvalue weighted by atomic mass is 10.1. The first-order valence-electron chi connectivity index (χ1n) is 3.36. The van der Waals surface area contributed by atoms with Crippen molar-refractivity contribution in [2.45, 2.75) is 18.6 Å². The molecule has 4 nitrogen and oxygen atoms in total. The minimum Gasteiger partial charge on any atom is -0.394 e. The largest absolute Gasteiger partial charge is 0.471 e. The maximum atomic E-state index is 11.7. The lowest BCUT2D eigenvalue weighted by molar-refractivity contribution is -0.176. The first kappa shape index (κ1) is 12.2. The van der Waals surface area contributed by atoms with Gasteiger partial charge in [-0.3, -0.25) is 4.79 Å². The van der Waals surface area contributed by atoms with Crippen LogP contribution in [0.15, 0.2) is 0 Å². The molecular formula is C6H10F3NO3. The molecule has 0 aliphatic heterocycles. The van der Waals surface area contributed by atoms with E-state index in [4.69, 9.17) is 10.2 Å². The van der Waals surface area contributed by atoms with Gasteiger partial charge in [-0.1, -0.05) is 0 Å². The van der Waals surface area contributed by atoms with E-state index in [2.05, 4.69) is 0 Å². The summed E-state index contributed by atoms with van der Waals surface area (Å²) in [5.74, 6) is -2.18. The maximum Gasteiger partial charge on any atom is 0.471 e. The Hall–Kier alpha value is -0.820. The van der Waals surface area contributed by atoms with E-state index in [9.17, 15) is 18.0 Å². The predicted molar refractivity (Wildman–Crippen MR) is 36.8 cm³/mol. The van der Waals surface area contributed by atoms with Crippen molar-refractivity contribution >= 4 is 5.91 Å². The fourth-order valence-corrected chi connectivity index (χ4v) is 0.474. The highest BCUT2D eigenvalue weighted by Crippen LogP contribution is 2.16. The Labute approximate surface area is 72.4 Å². The van der Waals surface area contributed by atoms with Gasteiger partial charge < -0.3 is 15.5 Å². The number of amides is 1. The van der Waals surface area contributed by atoms with Gasteiger partial charge in [0.25, 0.3) is 0 Å². The van der Waals surface area contributed by atoms with E-state index in [1.807, 2.05) is 0 Å². The standard InChI is InChI=1S/C6H10F3NO3/c1-5(2-11,3-12)10-4(13)6(7,8)9/h11-12H,2-3H2,1H3,(H,10,13). The summed E-state index contributed by atoms with van der Waals surface area (Å²) in [5, 5.41) is 18.6. The van der Waals surface area contributed by atoms with Crippen LogP contribution in [-0.4, -0.2) is 41.0 Å². The topological polar surface area (TPSA) is 69.6 Å². The molecule has 0 bridgehead atoms. The number of halogens is 3. The smallest absolute Gasteiger partial charge is 0.394 e. The zero-order chi connectivity index (χ0) is 10.7. The van der Waals surface area contributed by atoms with Crippen molar-refractivity contribution in [1.82, 2.24) is 5.32 Å². The molecule has 0 aliphatic carbocycles. The van der Waals surface area contributed by atoms with Gasteiger partial charge in [-0.25, -0.2) is 0 Å². The Morgan fingerprint density at radius 2 is 1.69 bits per heavy atom. The summed E-state index contributed by atoms with van der Waals surface area (Å²) in [5.41, 5.74) is -1.65. The van der Waals surface area contributed by atoms with Crippen LogP contribution in [0.5, 0.6) is 0 Å². The zero-order valence-electron chi connectivity index (χ0n) is 6.85. The third-order valence-electron chi connectivity index (χ3n) is 1.37. The summed E-state index contributed by atoms with van der Waals surface area (Å²) < 4.78 is 35.0. The molecule has 0 aromatic heterocycles. The molecule has 13 heavy (non-hydrogen) atoms. The highest BCUT2D eigenvalue weighted by Gasteiger charge is 2.42. The summed E-state index contributed by atoms with van der Waals surface area (Å²) in [6.45, 7) is -0.451.